The maximum absolute atomic E-state index is 12.9. The van der Waals surface area contributed by atoms with Crippen LogP contribution in [0.5, 0.6) is 0 Å². The summed E-state index contributed by atoms with van der Waals surface area (Å²) >= 11 is 0.982. The molecule has 0 radical (unpaired) electrons. The number of hydrogen-bond acceptors (Lipinski definition) is 5. The van der Waals surface area contributed by atoms with Gasteiger partial charge in [-0.1, -0.05) is 24.3 Å². The summed E-state index contributed by atoms with van der Waals surface area (Å²) in [5.74, 6) is -0.313. The summed E-state index contributed by atoms with van der Waals surface area (Å²) in [4.78, 5) is 19.4. The van der Waals surface area contributed by atoms with E-state index in [0.29, 0.717) is 22.4 Å². The first kappa shape index (κ1) is 22.7. The van der Waals surface area contributed by atoms with Crippen molar-refractivity contribution >= 4 is 27.5 Å². The molecule has 3 aromatic rings. The predicted molar refractivity (Wildman–Crippen MR) is 118 cm³/mol. The highest BCUT2D eigenvalue weighted by Crippen LogP contribution is 2.34. The third-order valence-corrected chi connectivity index (χ3v) is 6.68. The number of ether oxygens (including phenoxy) is 1. The maximum atomic E-state index is 12.9. The van der Waals surface area contributed by atoms with Crippen molar-refractivity contribution in [1.29, 1.82) is 0 Å². The van der Waals surface area contributed by atoms with Gasteiger partial charge in [-0.3, -0.25) is 9.69 Å². The van der Waals surface area contributed by atoms with Crippen LogP contribution in [0.15, 0.2) is 36.4 Å². The number of fused-ring (bicyclic) bond motifs is 1. The van der Waals surface area contributed by atoms with Gasteiger partial charge in [0, 0.05) is 31.6 Å². The van der Waals surface area contributed by atoms with E-state index in [1.807, 2.05) is 12.1 Å². The molecule has 4 rings (SSSR count). The Morgan fingerprint density at radius 2 is 2.06 bits per heavy atom. The average molecular weight is 464 g/mol. The second-order valence-electron chi connectivity index (χ2n) is 8.02. The summed E-state index contributed by atoms with van der Waals surface area (Å²) in [6.07, 6.45) is -4.30. The third kappa shape index (κ3) is 5.11. The van der Waals surface area contributed by atoms with Gasteiger partial charge in [-0.05, 0) is 42.7 Å². The summed E-state index contributed by atoms with van der Waals surface area (Å²) in [6.45, 7) is 7.45. The van der Waals surface area contributed by atoms with Crippen molar-refractivity contribution in [2.45, 2.75) is 39.2 Å². The standard InChI is InChI=1S/C23H24F3N3O2S/c1-14-12-29(8-9-31-14)13-17-5-3-4-16(10-17)11-27-21(30)20-15(2)18-6-7-19(23(24,25)26)28-22(18)32-20/h3-7,10,14H,8-9,11-13H2,1-2H3,(H,27,30). The van der Waals surface area contributed by atoms with Crippen LogP contribution in [-0.2, 0) is 24.0 Å². The molecule has 1 atom stereocenters. The minimum atomic E-state index is -4.52. The lowest BCUT2D eigenvalue weighted by atomic mass is 10.1. The number of alkyl halides is 3. The van der Waals surface area contributed by atoms with E-state index in [0.717, 1.165) is 54.8 Å². The Labute approximate surface area is 188 Å². The van der Waals surface area contributed by atoms with Gasteiger partial charge < -0.3 is 10.1 Å². The van der Waals surface area contributed by atoms with Crippen LogP contribution >= 0.6 is 11.3 Å². The van der Waals surface area contributed by atoms with Crippen molar-refractivity contribution in [2.75, 3.05) is 19.7 Å². The van der Waals surface area contributed by atoms with Crippen LogP contribution in [0.1, 0.15) is 39.0 Å². The van der Waals surface area contributed by atoms with E-state index in [2.05, 4.69) is 34.3 Å². The Bertz CT molecular complexity index is 1130. The van der Waals surface area contributed by atoms with Gasteiger partial charge in [-0.25, -0.2) is 4.98 Å². The fourth-order valence-corrected chi connectivity index (χ4v) is 4.96. The molecule has 0 aliphatic carbocycles. The van der Waals surface area contributed by atoms with Crippen molar-refractivity contribution in [2.24, 2.45) is 0 Å². The second kappa shape index (κ2) is 9.17. The first-order valence-corrected chi connectivity index (χ1v) is 11.2. The topological polar surface area (TPSA) is 54.5 Å². The molecule has 1 fully saturated rings. The molecule has 1 aromatic carbocycles. The predicted octanol–water partition coefficient (Wildman–Crippen LogP) is 4.77. The highest BCUT2D eigenvalue weighted by atomic mass is 32.1. The molecule has 1 aliphatic rings. The number of halogens is 3. The molecule has 0 spiro atoms. The molecule has 1 aliphatic heterocycles. The van der Waals surface area contributed by atoms with E-state index >= 15 is 0 Å². The average Bonchev–Trinajstić information content (AvgIpc) is 3.08. The fourth-order valence-electron chi connectivity index (χ4n) is 3.87. The fraction of sp³-hybridized carbons (Fsp3) is 0.391. The lowest BCUT2D eigenvalue weighted by molar-refractivity contribution is -0.140. The molecule has 9 heteroatoms. The number of rotatable bonds is 5. The zero-order chi connectivity index (χ0) is 22.9. The van der Waals surface area contributed by atoms with E-state index in [-0.39, 0.29) is 16.8 Å². The van der Waals surface area contributed by atoms with Crippen LogP contribution in [0.4, 0.5) is 13.2 Å². The van der Waals surface area contributed by atoms with Crippen molar-refractivity contribution in [3.05, 3.63) is 63.7 Å². The molecule has 170 valence electrons. The Kier molecular flexibility index (Phi) is 6.50. The molecular formula is C23H24F3N3O2S. The van der Waals surface area contributed by atoms with Crippen LogP contribution in [0.3, 0.4) is 0 Å². The number of benzene rings is 1. The summed E-state index contributed by atoms with van der Waals surface area (Å²) < 4.78 is 44.4. The number of morpholine rings is 1. The molecule has 32 heavy (non-hydrogen) atoms. The molecule has 1 unspecified atom stereocenters. The summed E-state index contributed by atoms with van der Waals surface area (Å²) in [5, 5.41) is 3.45. The van der Waals surface area contributed by atoms with Crippen molar-refractivity contribution in [3.63, 3.8) is 0 Å². The normalized spacial score (nSPS) is 17.6. The maximum Gasteiger partial charge on any atom is 0.433 e. The molecule has 3 heterocycles. The summed E-state index contributed by atoms with van der Waals surface area (Å²) in [5.41, 5.74) is 1.81. The van der Waals surface area contributed by atoms with Gasteiger partial charge in [0.05, 0.1) is 17.6 Å². The monoisotopic (exact) mass is 463 g/mol. The van der Waals surface area contributed by atoms with E-state index < -0.39 is 11.9 Å². The number of nitrogens with zero attached hydrogens (tertiary/aromatic N) is 2. The highest BCUT2D eigenvalue weighted by Gasteiger charge is 2.33. The van der Waals surface area contributed by atoms with Crippen molar-refractivity contribution in [1.82, 2.24) is 15.2 Å². The lowest BCUT2D eigenvalue weighted by Crippen LogP contribution is -2.40. The molecule has 0 bridgehead atoms. The molecule has 1 N–H and O–H groups in total. The van der Waals surface area contributed by atoms with Gasteiger partial charge in [0.25, 0.3) is 5.91 Å². The number of aryl methyl sites for hydroxylation is 1. The number of carbonyl (C=O) groups excluding carboxylic acids is 1. The van der Waals surface area contributed by atoms with Crippen LogP contribution in [0, 0.1) is 6.92 Å². The number of pyridine rings is 1. The Hall–Kier alpha value is -2.49. The zero-order valence-electron chi connectivity index (χ0n) is 17.8. The van der Waals surface area contributed by atoms with Crippen LogP contribution < -0.4 is 5.32 Å². The van der Waals surface area contributed by atoms with Crippen LogP contribution in [-0.4, -0.2) is 41.6 Å². The SMILES string of the molecule is Cc1c(C(=O)NCc2cccc(CN3CCOC(C)C3)c2)sc2nc(C(F)(F)F)ccc12. The first-order valence-electron chi connectivity index (χ1n) is 10.4. The number of nitrogens with one attached hydrogen (secondary N) is 1. The number of carbonyl (C=O) groups is 1. The van der Waals surface area contributed by atoms with Gasteiger partial charge in [0.2, 0.25) is 0 Å². The molecule has 1 saturated heterocycles. The largest absolute Gasteiger partial charge is 0.433 e. The Balaban J connectivity index is 1.43. The number of aromatic nitrogens is 1. The van der Waals surface area contributed by atoms with Gasteiger partial charge in [-0.2, -0.15) is 13.2 Å². The molecule has 0 saturated carbocycles. The number of amides is 1. The summed E-state index contributed by atoms with van der Waals surface area (Å²) in [7, 11) is 0. The van der Waals surface area contributed by atoms with Crippen molar-refractivity contribution < 1.29 is 22.7 Å². The highest BCUT2D eigenvalue weighted by molar-refractivity contribution is 7.20. The van der Waals surface area contributed by atoms with Gasteiger partial charge >= 0.3 is 6.18 Å². The minimum Gasteiger partial charge on any atom is -0.376 e. The second-order valence-corrected chi connectivity index (χ2v) is 9.02. The molecule has 2 aromatic heterocycles. The molecule has 5 nitrogen and oxygen atoms in total. The summed E-state index contributed by atoms with van der Waals surface area (Å²) in [6, 6.07) is 10.4. The van der Waals surface area contributed by atoms with E-state index in [1.54, 1.807) is 6.92 Å². The minimum absolute atomic E-state index is 0.212. The smallest absolute Gasteiger partial charge is 0.376 e. The van der Waals surface area contributed by atoms with Gasteiger partial charge in [0.15, 0.2) is 0 Å². The van der Waals surface area contributed by atoms with Crippen LogP contribution in [0.25, 0.3) is 10.2 Å². The molecular weight excluding hydrogens is 439 g/mol. The first-order chi connectivity index (χ1) is 15.2. The lowest BCUT2D eigenvalue weighted by Gasteiger charge is -2.31. The molecule has 1 amide bonds. The quantitative estimate of drug-likeness (QED) is 0.592. The van der Waals surface area contributed by atoms with E-state index in [1.165, 1.54) is 6.07 Å². The van der Waals surface area contributed by atoms with Crippen LogP contribution in [0.2, 0.25) is 0 Å². The van der Waals surface area contributed by atoms with Crippen molar-refractivity contribution in [3.8, 4) is 0 Å². The van der Waals surface area contributed by atoms with E-state index in [4.69, 9.17) is 4.74 Å². The zero-order valence-corrected chi connectivity index (χ0v) is 18.6. The number of hydrogen-bond donors (Lipinski definition) is 1. The third-order valence-electron chi connectivity index (χ3n) is 5.48. The Morgan fingerprint density at radius 3 is 2.81 bits per heavy atom. The Morgan fingerprint density at radius 1 is 1.28 bits per heavy atom. The van der Waals surface area contributed by atoms with Gasteiger partial charge in [0.1, 0.15) is 10.5 Å². The van der Waals surface area contributed by atoms with E-state index in [9.17, 15) is 18.0 Å². The number of thiophene rings is 1. The van der Waals surface area contributed by atoms with Gasteiger partial charge in [-0.15, -0.1) is 11.3 Å².